The quantitative estimate of drug-likeness (QED) is 0.259. The van der Waals surface area contributed by atoms with Crippen LogP contribution >= 0.6 is 0 Å². The first-order chi connectivity index (χ1) is 3.68. The van der Waals surface area contributed by atoms with Crippen LogP contribution in [0, 0.1) is 0 Å². The Morgan fingerprint density at radius 1 is 1.38 bits per heavy atom. The molecule has 52 valence electrons. The normalized spacial score (nSPS) is 12.5. The number of rotatable bonds is 3. The molecule has 0 aromatic heterocycles. The molecule has 8 heavy (non-hydrogen) atoms. The molecule has 0 fully saturated rings. The zero-order chi connectivity index (χ0) is 6.62. The van der Waals surface area contributed by atoms with Crippen molar-refractivity contribution < 1.29 is 21.2 Å². The van der Waals surface area contributed by atoms with Crippen molar-refractivity contribution in [2.24, 2.45) is 17.2 Å². The standard InChI is InChI=1S/C4H13IN3/c1-5-4(8,2-6)3-7/h2-3,6-8H2,1H3/q-1. The molecule has 0 aromatic carbocycles. The van der Waals surface area contributed by atoms with Crippen LogP contribution in [0.15, 0.2) is 0 Å². The van der Waals surface area contributed by atoms with Crippen molar-refractivity contribution >= 4 is 0 Å². The van der Waals surface area contributed by atoms with Crippen LogP contribution in [0.2, 0.25) is 0 Å². The van der Waals surface area contributed by atoms with Gasteiger partial charge in [-0.05, 0) is 0 Å². The molecule has 0 aliphatic carbocycles. The Hall–Kier alpha value is 0.610. The average Bonchev–Trinajstić information content (AvgIpc) is 1.87. The van der Waals surface area contributed by atoms with Gasteiger partial charge in [-0.25, -0.2) is 0 Å². The number of nitrogens with two attached hydrogens (primary N) is 3. The van der Waals surface area contributed by atoms with Crippen LogP contribution in [0.5, 0.6) is 0 Å². The third-order valence-corrected chi connectivity index (χ3v) is 4.08. The van der Waals surface area contributed by atoms with E-state index in [9.17, 15) is 0 Å². The predicted molar refractivity (Wildman–Crippen MR) is 31.0 cm³/mol. The molecule has 0 unspecified atom stereocenters. The van der Waals surface area contributed by atoms with Crippen molar-refractivity contribution in [1.82, 2.24) is 0 Å². The molecule has 0 amide bonds. The van der Waals surface area contributed by atoms with E-state index in [0.717, 1.165) is 0 Å². The Bertz CT molecular complexity index is 54.0. The molecule has 0 aliphatic heterocycles. The number of hydrogen-bond donors (Lipinski definition) is 3. The van der Waals surface area contributed by atoms with Crippen molar-refractivity contribution in [3.05, 3.63) is 0 Å². The summed E-state index contributed by atoms with van der Waals surface area (Å²) in [5, 5.41) is 0. The molecular formula is C4H13IN3-. The molecule has 3 nitrogen and oxygen atoms in total. The van der Waals surface area contributed by atoms with Crippen molar-refractivity contribution in [1.29, 1.82) is 0 Å². The SMILES string of the molecule is C[I-]C(N)(CN)CN. The minimum atomic E-state index is -0.209. The van der Waals surface area contributed by atoms with E-state index in [0.29, 0.717) is 13.1 Å². The summed E-state index contributed by atoms with van der Waals surface area (Å²) in [4.78, 5) is 2.10. The first kappa shape index (κ1) is 8.61. The van der Waals surface area contributed by atoms with Crippen molar-refractivity contribution in [2.45, 2.75) is 3.55 Å². The van der Waals surface area contributed by atoms with Crippen LogP contribution in [0.25, 0.3) is 0 Å². The van der Waals surface area contributed by atoms with Crippen LogP contribution < -0.4 is 38.4 Å². The van der Waals surface area contributed by atoms with Gasteiger partial charge in [-0.1, -0.05) is 0 Å². The minimum absolute atomic E-state index is 0.0144. The molecule has 0 rings (SSSR count). The average molecular weight is 230 g/mol. The Morgan fingerprint density at radius 3 is 1.75 bits per heavy atom. The van der Waals surface area contributed by atoms with Gasteiger partial charge in [0, 0.05) is 0 Å². The second-order valence-corrected chi connectivity index (χ2v) is 4.86. The van der Waals surface area contributed by atoms with E-state index in [-0.39, 0.29) is 24.8 Å². The zero-order valence-electron chi connectivity index (χ0n) is 5.02. The monoisotopic (exact) mass is 230 g/mol. The molecule has 6 N–H and O–H groups in total. The first-order valence-electron chi connectivity index (χ1n) is 2.38. The third kappa shape index (κ3) is 2.25. The summed E-state index contributed by atoms with van der Waals surface area (Å²) in [7, 11) is 0. The Labute approximate surface area is 60.2 Å². The second-order valence-electron chi connectivity index (χ2n) is 1.63. The van der Waals surface area contributed by atoms with Gasteiger partial charge in [-0.3, -0.25) is 0 Å². The summed E-state index contributed by atoms with van der Waals surface area (Å²) in [6.45, 7) is 1.04. The maximum absolute atomic E-state index is 5.69. The topological polar surface area (TPSA) is 78.1 Å². The van der Waals surface area contributed by atoms with Crippen molar-refractivity contribution in [2.75, 3.05) is 18.0 Å². The van der Waals surface area contributed by atoms with Crippen molar-refractivity contribution in [3.8, 4) is 0 Å². The van der Waals surface area contributed by atoms with E-state index in [2.05, 4.69) is 4.93 Å². The van der Waals surface area contributed by atoms with Gasteiger partial charge < -0.3 is 0 Å². The predicted octanol–water partition coefficient (Wildman–Crippen LogP) is -4.72. The van der Waals surface area contributed by atoms with E-state index in [1.165, 1.54) is 0 Å². The van der Waals surface area contributed by atoms with Gasteiger partial charge >= 0.3 is 60.0 Å². The van der Waals surface area contributed by atoms with E-state index < -0.39 is 0 Å². The molecule has 0 saturated heterocycles. The van der Waals surface area contributed by atoms with Crippen molar-refractivity contribution in [3.63, 3.8) is 0 Å². The van der Waals surface area contributed by atoms with Gasteiger partial charge in [0.2, 0.25) is 0 Å². The molecule has 0 saturated carbocycles. The molecule has 0 atom stereocenters. The third-order valence-electron chi connectivity index (χ3n) is 1.06. The molecule has 0 heterocycles. The fourth-order valence-electron chi connectivity index (χ4n) is 0.238. The summed E-state index contributed by atoms with van der Waals surface area (Å²) in [6.07, 6.45) is 0. The Kier molecular flexibility index (Phi) is 3.87. The van der Waals surface area contributed by atoms with Gasteiger partial charge in [-0.2, -0.15) is 0 Å². The van der Waals surface area contributed by atoms with E-state index >= 15 is 0 Å². The maximum atomic E-state index is 5.69. The fourth-order valence-corrected chi connectivity index (χ4v) is 1.12. The van der Waals surface area contributed by atoms with E-state index in [1.807, 2.05) is 0 Å². The number of hydrogen-bond acceptors (Lipinski definition) is 3. The second kappa shape index (κ2) is 3.60. The van der Waals surface area contributed by atoms with E-state index in [1.54, 1.807) is 0 Å². The number of halogens is 1. The molecule has 0 radical (unpaired) electrons. The summed E-state index contributed by atoms with van der Waals surface area (Å²) < 4.78 is -0.209. The number of alkyl halides is 2. The summed E-state index contributed by atoms with van der Waals surface area (Å²) in [5.74, 6) is 0. The van der Waals surface area contributed by atoms with Crippen LogP contribution in [-0.2, 0) is 0 Å². The Balaban J connectivity index is 3.58. The molecule has 4 heteroatoms. The molecule has 0 spiro atoms. The fraction of sp³-hybridized carbons (Fsp3) is 1.00. The molecule has 0 aromatic rings. The molecule has 0 aliphatic rings. The van der Waals surface area contributed by atoms with Crippen LogP contribution in [0.4, 0.5) is 0 Å². The van der Waals surface area contributed by atoms with Crippen LogP contribution in [0.3, 0.4) is 0 Å². The van der Waals surface area contributed by atoms with Gasteiger partial charge in [0.15, 0.2) is 0 Å². The summed E-state index contributed by atoms with van der Waals surface area (Å²) in [6, 6.07) is 0. The molecule has 0 bridgehead atoms. The van der Waals surface area contributed by atoms with E-state index in [4.69, 9.17) is 17.2 Å². The van der Waals surface area contributed by atoms with Gasteiger partial charge in [0.05, 0.1) is 0 Å². The van der Waals surface area contributed by atoms with Crippen LogP contribution in [-0.4, -0.2) is 21.6 Å². The van der Waals surface area contributed by atoms with Gasteiger partial charge in [-0.15, -0.1) is 0 Å². The van der Waals surface area contributed by atoms with Gasteiger partial charge in [0.25, 0.3) is 0 Å². The van der Waals surface area contributed by atoms with Gasteiger partial charge in [0.1, 0.15) is 0 Å². The summed E-state index contributed by atoms with van der Waals surface area (Å²) >= 11 is -0.0144. The first-order valence-corrected chi connectivity index (χ1v) is 5.62. The summed E-state index contributed by atoms with van der Waals surface area (Å²) in [5.41, 5.74) is 16.4. The zero-order valence-corrected chi connectivity index (χ0v) is 7.18. The molecular weight excluding hydrogens is 217 g/mol. The van der Waals surface area contributed by atoms with Crippen LogP contribution in [0.1, 0.15) is 0 Å². The Morgan fingerprint density at radius 2 is 1.75 bits per heavy atom.